The summed E-state index contributed by atoms with van der Waals surface area (Å²) in [6.45, 7) is 0. The van der Waals surface area contributed by atoms with Crippen LogP contribution in [0.5, 0.6) is 0 Å². The molecule has 0 saturated heterocycles. The fourth-order valence-electron chi connectivity index (χ4n) is 1.03. The summed E-state index contributed by atoms with van der Waals surface area (Å²) < 4.78 is 13.7. The normalized spacial score (nSPS) is 45.0. The van der Waals surface area contributed by atoms with Gasteiger partial charge in [0.05, 0.1) is 0 Å². The third kappa shape index (κ3) is 2.48. The Balaban J connectivity index is 2.35. The van der Waals surface area contributed by atoms with Gasteiger partial charge >= 0.3 is 0 Å². The summed E-state index contributed by atoms with van der Waals surface area (Å²) in [5.41, 5.74) is 0. The summed E-state index contributed by atoms with van der Waals surface area (Å²) in [6.07, 6.45) is 2.50. The van der Waals surface area contributed by atoms with E-state index >= 15 is 0 Å². The molecule has 0 aromatic rings. The minimum Gasteiger partial charge on any atom is -0.246 e. The lowest BCUT2D eigenvalue weighted by atomic mass is 9.99. The molecule has 1 aliphatic rings. The number of rotatable bonds is 0. The Morgan fingerprint density at radius 1 is 1.22 bits per heavy atom. The zero-order chi connectivity index (χ0) is 6.85. The molecule has 3 unspecified atom stereocenters. The second-order valence-electron chi connectivity index (χ2n) is 2.44. The molecule has 0 N–H and O–H groups in total. The molecule has 0 aliphatic heterocycles. The lowest BCUT2D eigenvalue weighted by Crippen LogP contribution is -2.25. The molecule has 3 heteroatoms. The lowest BCUT2D eigenvalue weighted by Gasteiger charge is -2.24. The third-order valence-corrected chi connectivity index (χ3v) is 4.16. The first-order valence-electron chi connectivity index (χ1n) is 3.12. The van der Waals surface area contributed by atoms with E-state index in [9.17, 15) is 4.39 Å². The van der Waals surface area contributed by atoms with Gasteiger partial charge in [0.25, 0.3) is 0 Å². The summed E-state index contributed by atoms with van der Waals surface area (Å²) in [5, 5.41) is 0. The van der Waals surface area contributed by atoms with E-state index in [1.54, 1.807) is 0 Å². The van der Waals surface area contributed by atoms with Gasteiger partial charge in [-0.15, -0.1) is 0 Å². The van der Waals surface area contributed by atoms with Crippen molar-refractivity contribution < 1.29 is 4.39 Å². The SMILES string of the molecule is FC1CC(I)CCC1I. The number of alkyl halides is 3. The Labute approximate surface area is 82.2 Å². The molecule has 0 nitrogen and oxygen atoms in total. The summed E-state index contributed by atoms with van der Waals surface area (Å²) >= 11 is 4.55. The maximum absolute atomic E-state index is 12.8. The van der Waals surface area contributed by atoms with Gasteiger partial charge in [0.2, 0.25) is 0 Å². The molecule has 0 heterocycles. The van der Waals surface area contributed by atoms with Crippen LogP contribution in [0.1, 0.15) is 19.3 Å². The molecule has 0 radical (unpaired) electrons. The Bertz CT molecular complexity index is 97.1. The Kier molecular flexibility index (Phi) is 3.48. The Hall–Kier alpha value is 1.39. The van der Waals surface area contributed by atoms with Crippen molar-refractivity contribution in [1.82, 2.24) is 0 Å². The van der Waals surface area contributed by atoms with E-state index in [0.717, 1.165) is 12.8 Å². The van der Waals surface area contributed by atoms with Crippen LogP contribution in [0, 0.1) is 0 Å². The summed E-state index contributed by atoms with van der Waals surface area (Å²) in [4.78, 5) is 0. The van der Waals surface area contributed by atoms with E-state index < -0.39 is 6.17 Å². The standard InChI is InChI=1S/C6H9FI2/c7-5-3-4(8)1-2-6(5)9/h4-6H,1-3H2. The van der Waals surface area contributed by atoms with Crippen molar-refractivity contribution in [3.05, 3.63) is 0 Å². The van der Waals surface area contributed by atoms with Gasteiger partial charge in [0.1, 0.15) is 6.17 Å². The Morgan fingerprint density at radius 2 is 1.89 bits per heavy atom. The summed E-state index contributed by atoms with van der Waals surface area (Å²) in [5.74, 6) is 0. The first-order valence-corrected chi connectivity index (χ1v) is 5.61. The monoisotopic (exact) mass is 354 g/mol. The van der Waals surface area contributed by atoms with Gasteiger partial charge in [0, 0.05) is 7.85 Å². The van der Waals surface area contributed by atoms with Crippen LogP contribution in [0.2, 0.25) is 0 Å². The molecule has 0 aromatic carbocycles. The highest BCUT2D eigenvalue weighted by atomic mass is 127. The average Bonchev–Trinajstić information content (AvgIpc) is 1.80. The highest BCUT2D eigenvalue weighted by molar-refractivity contribution is 14.1. The van der Waals surface area contributed by atoms with Crippen molar-refractivity contribution in [2.24, 2.45) is 0 Å². The maximum Gasteiger partial charge on any atom is 0.113 e. The minimum atomic E-state index is -0.541. The van der Waals surface area contributed by atoms with Gasteiger partial charge in [-0.2, -0.15) is 0 Å². The fourth-order valence-corrected chi connectivity index (χ4v) is 2.53. The molecule has 1 aliphatic carbocycles. The van der Waals surface area contributed by atoms with Crippen molar-refractivity contribution in [2.75, 3.05) is 0 Å². The second-order valence-corrected chi connectivity index (χ2v) is 5.80. The molecule has 1 saturated carbocycles. The van der Waals surface area contributed by atoms with E-state index in [4.69, 9.17) is 0 Å². The average molecular weight is 354 g/mol. The predicted molar refractivity (Wildman–Crippen MR) is 54.4 cm³/mol. The van der Waals surface area contributed by atoms with Crippen molar-refractivity contribution in [2.45, 2.75) is 33.3 Å². The van der Waals surface area contributed by atoms with Crippen molar-refractivity contribution in [1.29, 1.82) is 0 Å². The largest absolute Gasteiger partial charge is 0.246 e. The van der Waals surface area contributed by atoms with Crippen LogP contribution in [0.25, 0.3) is 0 Å². The van der Waals surface area contributed by atoms with Gasteiger partial charge in [0.15, 0.2) is 0 Å². The summed E-state index contributed by atoms with van der Waals surface area (Å²) in [7, 11) is 0. The van der Waals surface area contributed by atoms with E-state index in [2.05, 4.69) is 45.2 Å². The highest BCUT2D eigenvalue weighted by Gasteiger charge is 2.26. The molecule has 0 bridgehead atoms. The van der Waals surface area contributed by atoms with Crippen LogP contribution in [0.4, 0.5) is 4.39 Å². The maximum atomic E-state index is 12.8. The van der Waals surface area contributed by atoms with Crippen LogP contribution in [-0.4, -0.2) is 14.0 Å². The van der Waals surface area contributed by atoms with Crippen LogP contribution < -0.4 is 0 Å². The number of halogens is 3. The molecule has 0 aromatic heterocycles. The molecule has 3 atom stereocenters. The molecule has 1 rings (SSSR count). The zero-order valence-electron chi connectivity index (χ0n) is 4.99. The second kappa shape index (κ2) is 3.69. The van der Waals surface area contributed by atoms with Gasteiger partial charge in [-0.1, -0.05) is 45.2 Å². The van der Waals surface area contributed by atoms with Crippen LogP contribution in [0.3, 0.4) is 0 Å². The van der Waals surface area contributed by atoms with Crippen molar-refractivity contribution >= 4 is 45.2 Å². The molecule has 54 valence electrons. The number of hydrogen-bond acceptors (Lipinski definition) is 0. The van der Waals surface area contributed by atoms with E-state index in [-0.39, 0.29) is 3.92 Å². The molecule has 1 fully saturated rings. The smallest absolute Gasteiger partial charge is 0.113 e. The van der Waals surface area contributed by atoms with Gasteiger partial charge in [-0.25, -0.2) is 4.39 Å². The molecule has 0 spiro atoms. The minimum absolute atomic E-state index is 0.286. The topological polar surface area (TPSA) is 0 Å². The van der Waals surface area contributed by atoms with E-state index in [1.807, 2.05) is 0 Å². The number of hydrogen-bond donors (Lipinski definition) is 0. The van der Waals surface area contributed by atoms with E-state index in [1.165, 1.54) is 6.42 Å². The van der Waals surface area contributed by atoms with Crippen LogP contribution >= 0.6 is 45.2 Å². The molecular weight excluding hydrogens is 345 g/mol. The first-order chi connectivity index (χ1) is 4.20. The van der Waals surface area contributed by atoms with Crippen LogP contribution in [0.15, 0.2) is 0 Å². The quantitative estimate of drug-likeness (QED) is 0.463. The van der Waals surface area contributed by atoms with Gasteiger partial charge in [-0.05, 0) is 19.3 Å². The summed E-state index contributed by atoms with van der Waals surface area (Å²) in [6, 6.07) is 0. The fraction of sp³-hybridized carbons (Fsp3) is 1.00. The molecule has 0 amide bonds. The predicted octanol–water partition coefficient (Wildman–Crippen LogP) is 3.12. The van der Waals surface area contributed by atoms with Crippen LogP contribution in [-0.2, 0) is 0 Å². The first kappa shape index (κ1) is 8.49. The third-order valence-electron chi connectivity index (χ3n) is 1.63. The molecular formula is C6H9FI2. The van der Waals surface area contributed by atoms with E-state index in [0.29, 0.717) is 3.92 Å². The van der Waals surface area contributed by atoms with Crippen molar-refractivity contribution in [3.63, 3.8) is 0 Å². The lowest BCUT2D eigenvalue weighted by molar-refractivity contribution is 0.276. The zero-order valence-corrected chi connectivity index (χ0v) is 9.30. The van der Waals surface area contributed by atoms with Gasteiger partial charge in [-0.3, -0.25) is 0 Å². The van der Waals surface area contributed by atoms with Gasteiger partial charge < -0.3 is 0 Å². The van der Waals surface area contributed by atoms with Crippen molar-refractivity contribution in [3.8, 4) is 0 Å². The molecule has 9 heavy (non-hydrogen) atoms. The highest BCUT2D eigenvalue weighted by Crippen LogP contribution is 2.31. The Morgan fingerprint density at radius 3 is 2.33 bits per heavy atom.